The maximum atomic E-state index is 12.5. The number of para-hydroxylation sites is 1. The standard InChI is InChI=1S/C16H11Cl2NO4/c17-8-5-9(14(21)11(18)6-8)13(20)7-16(23)10-3-1-2-4-12(10)19-15(16)22/h1-6,21,23H,7H2,(H,19,22)/t16-/m1/s1. The molecule has 0 saturated carbocycles. The molecule has 2 aromatic rings. The summed E-state index contributed by atoms with van der Waals surface area (Å²) >= 11 is 11.6. The van der Waals surface area contributed by atoms with Crippen molar-refractivity contribution in [2.24, 2.45) is 0 Å². The number of rotatable bonds is 3. The first-order valence-corrected chi connectivity index (χ1v) is 7.43. The summed E-state index contributed by atoms with van der Waals surface area (Å²) in [6.07, 6.45) is -0.542. The predicted octanol–water partition coefficient (Wildman–Crippen LogP) is 3.11. The zero-order chi connectivity index (χ0) is 16.8. The van der Waals surface area contributed by atoms with Crippen LogP contribution in [0.15, 0.2) is 36.4 Å². The van der Waals surface area contributed by atoms with Crippen molar-refractivity contribution in [3.8, 4) is 5.75 Å². The minimum Gasteiger partial charge on any atom is -0.506 e. The molecule has 2 aromatic carbocycles. The van der Waals surface area contributed by atoms with E-state index in [-0.39, 0.29) is 15.6 Å². The normalized spacial score (nSPS) is 19.3. The molecule has 0 spiro atoms. The fourth-order valence-corrected chi connectivity index (χ4v) is 3.08. The molecule has 23 heavy (non-hydrogen) atoms. The topological polar surface area (TPSA) is 86.6 Å². The molecule has 0 saturated heterocycles. The van der Waals surface area contributed by atoms with E-state index in [4.69, 9.17) is 23.2 Å². The average Bonchev–Trinajstić information content (AvgIpc) is 2.74. The second-order valence-corrected chi connectivity index (χ2v) is 6.09. The quantitative estimate of drug-likeness (QED) is 0.741. The van der Waals surface area contributed by atoms with Gasteiger partial charge in [-0.1, -0.05) is 41.4 Å². The van der Waals surface area contributed by atoms with Crippen molar-refractivity contribution < 1.29 is 19.8 Å². The molecule has 3 N–H and O–H groups in total. The van der Waals surface area contributed by atoms with Gasteiger partial charge in [-0.25, -0.2) is 0 Å². The number of nitrogens with one attached hydrogen (secondary N) is 1. The van der Waals surface area contributed by atoms with Gasteiger partial charge in [0, 0.05) is 16.3 Å². The lowest BCUT2D eigenvalue weighted by atomic mass is 9.88. The van der Waals surface area contributed by atoms with E-state index in [9.17, 15) is 19.8 Å². The van der Waals surface area contributed by atoms with Crippen molar-refractivity contribution in [1.29, 1.82) is 0 Å². The summed E-state index contributed by atoms with van der Waals surface area (Å²) in [4.78, 5) is 24.6. The van der Waals surface area contributed by atoms with Crippen molar-refractivity contribution in [1.82, 2.24) is 0 Å². The third-order valence-corrected chi connectivity index (χ3v) is 4.25. The van der Waals surface area contributed by atoms with Crippen molar-refractivity contribution >= 4 is 40.6 Å². The Balaban J connectivity index is 1.99. The number of phenolic OH excluding ortho intramolecular Hbond substituents is 1. The first-order valence-electron chi connectivity index (χ1n) is 6.67. The highest BCUT2D eigenvalue weighted by Crippen LogP contribution is 2.40. The molecule has 1 amide bonds. The van der Waals surface area contributed by atoms with Crippen molar-refractivity contribution in [3.63, 3.8) is 0 Å². The van der Waals surface area contributed by atoms with Crippen LogP contribution in [0.3, 0.4) is 0 Å². The molecular weight excluding hydrogens is 341 g/mol. The van der Waals surface area contributed by atoms with Gasteiger partial charge >= 0.3 is 0 Å². The van der Waals surface area contributed by atoms with Crippen molar-refractivity contribution in [2.45, 2.75) is 12.0 Å². The summed E-state index contributed by atoms with van der Waals surface area (Å²) in [7, 11) is 0. The number of Topliss-reactive ketones (excluding diaryl/α,β-unsaturated/α-hetero) is 1. The van der Waals surface area contributed by atoms with Crippen LogP contribution in [0, 0.1) is 0 Å². The van der Waals surface area contributed by atoms with Gasteiger partial charge in [-0.15, -0.1) is 0 Å². The van der Waals surface area contributed by atoms with E-state index >= 15 is 0 Å². The van der Waals surface area contributed by atoms with Crippen LogP contribution < -0.4 is 5.32 Å². The Hall–Kier alpha value is -2.08. The number of anilines is 1. The number of hydrogen-bond donors (Lipinski definition) is 3. The molecule has 0 aliphatic carbocycles. The third-order valence-electron chi connectivity index (χ3n) is 3.74. The molecule has 7 heteroatoms. The number of amides is 1. The largest absolute Gasteiger partial charge is 0.506 e. The number of fused-ring (bicyclic) bond motifs is 1. The lowest BCUT2D eigenvalue weighted by molar-refractivity contribution is -0.133. The second kappa shape index (κ2) is 5.53. The molecule has 1 heterocycles. The van der Waals surface area contributed by atoms with E-state index in [1.807, 2.05) is 0 Å². The Labute approximate surface area is 141 Å². The van der Waals surface area contributed by atoms with Crippen LogP contribution in [0.25, 0.3) is 0 Å². The van der Waals surface area contributed by atoms with Crippen LogP contribution in [-0.4, -0.2) is 21.9 Å². The highest BCUT2D eigenvalue weighted by atomic mass is 35.5. The van der Waals surface area contributed by atoms with Gasteiger partial charge in [-0.2, -0.15) is 0 Å². The van der Waals surface area contributed by atoms with Gasteiger partial charge in [-0.3, -0.25) is 9.59 Å². The van der Waals surface area contributed by atoms with Gasteiger partial charge in [0.1, 0.15) is 5.75 Å². The van der Waals surface area contributed by atoms with Crippen LogP contribution in [0.1, 0.15) is 22.3 Å². The summed E-state index contributed by atoms with van der Waals surface area (Å²) in [6, 6.07) is 9.08. The minimum absolute atomic E-state index is 0.0795. The summed E-state index contributed by atoms with van der Waals surface area (Å²) in [5.74, 6) is -1.78. The fraction of sp³-hybridized carbons (Fsp3) is 0.125. The van der Waals surface area contributed by atoms with Crippen LogP contribution in [-0.2, 0) is 10.4 Å². The first kappa shape index (κ1) is 15.8. The van der Waals surface area contributed by atoms with Crippen LogP contribution in [0.2, 0.25) is 10.0 Å². The third kappa shape index (κ3) is 2.57. The number of benzene rings is 2. The smallest absolute Gasteiger partial charge is 0.261 e. The first-order chi connectivity index (χ1) is 10.8. The minimum atomic E-state index is -2.01. The Morgan fingerprint density at radius 2 is 1.91 bits per heavy atom. The van der Waals surface area contributed by atoms with E-state index in [2.05, 4.69) is 5.32 Å². The molecule has 0 aromatic heterocycles. The van der Waals surface area contributed by atoms with E-state index < -0.39 is 29.5 Å². The average molecular weight is 352 g/mol. The zero-order valence-electron chi connectivity index (χ0n) is 11.6. The molecule has 0 radical (unpaired) electrons. The summed E-state index contributed by atoms with van der Waals surface area (Å²) < 4.78 is 0. The lowest BCUT2D eigenvalue weighted by Gasteiger charge is -2.20. The fourth-order valence-electron chi connectivity index (χ4n) is 2.58. The van der Waals surface area contributed by atoms with Gasteiger partial charge in [0.25, 0.3) is 5.91 Å². The molecule has 118 valence electrons. The predicted molar refractivity (Wildman–Crippen MR) is 86.0 cm³/mol. The maximum absolute atomic E-state index is 12.5. The van der Waals surface area contributed by atoms with Crippen LogP contribution >= 0.6 is 23.2 Å². The molecule has 3 rings (SSSR count). The molecule has 1 atom stereocenters. The second-order valence-electron chi connectivity index (χ2n) is 5.24. The number of carbonyl (C=O) groups excluding carboxylic acids is 2. The number of ketones is 1. The van der Waals surface area contributed by atoms with Crippen LogP contribution in [0.5, 0.6) is 5.75 Å². The van der Waals surface area contributed by atoms with Gasteiger partial charge in [0.2, 0.25) is 0 Å². The zero-order valence-corrected chi connectivity index (χ0v) is 13.1. The van der Waals surface area contributed by atoms with Gasteiger partial charge in [-0.05, 0) is 18.2 Å². The van der Waals surface area contributed by atoms with E-state index in [1.165, 1.54) is 12.1 Å². The molecule has 0 unspecified atom stereocenters. The number of aromatic hydroxyl groups is 1. The number of halogens is 2. The number of hydrogen-bond acceptors (Lipinski definition) is 4. The van der Waals surface area contributed by atoms with Gasteiger partial charge in [0.05, 0.1) is 17.0 Å². The van der Waals surface area contributed by atoms with Crippen molar-refractivity contribution in [3.05, 3.63) is 57.6 Å². The van der Waals surface area contributed by atoms with Gasteiger partial charge < -0.3 is 15.5 Å². The number of carbonyl (C=O) groups is 2. The Bertz CT molecular complexity index is 837. The van der Waals surface area contributed by atoms with E-state index in [0.717, 1.165) is 0 Å². The molecule has 0 fully saturated rings. The highest BCUT2D eigenvalue weighted by molar-refractivity contribution is 6.36. The van der Waals surface area contributed by atoms with E-state index in [1.54, 1.807) is 24.3 Å². The monoisotopic (exact) mass is 351 g/mol. The summed E-state index contributed by atoms with van der Waals surface area (Å²) in [6.45, 7) is 0. The molecule has 1 aliphatic rings. The SMILES string of the molecule is O=C(C[C@]1(O)C(=O)Nc2ccccc21)c1cc(Cl)cc(Cl)c1O. The summed E-state index contributed by atoms with van der Waals surface area (Å²) in [5, 5.41) is 23.2. The van der Waals surface area contributed by atoms with E-state index in [0.29, 0.717) is 11.3 Å². The molecule has 1 aliphatic heterocycles. The number of phenols is 1. The van der Waals surface area contributed by atoms with Crippen molar-refractivity contribution in [2.75, 3.05) is 5.32 Å². The summed E-state index contributed by atoms with van der Waals surface area (Å²) in [5.41, 5.74) is -1.39. The Kier molecular flexibility index (Phi) is 3.80. The molecular formula is C16H11Cl2NO4. The van der Waals surface area contributed by atoms with Crippen LogP contribution in [0.4, 0.5) is 5.69 Å². The maximum Gasteiger partial charge on any atom is 0.261 e. The number of aliphatic hydroxyl groups is 1. The Morgan fingerprint density at radius 1 is 1.22 bits per heavy atom. The molecule has 5 nitrogen and oxygen atoms in total. The molecule has 0 bridgehead atoms. The lowest BCUT2D eigenvalue weighted by Crippen LogP contribution is -2.36. The van der Waals surface area contributed by atoms with Gasteiger partial charge in [0.15, 0.2) is 11.4 Å². The Morgan fingerprint density at radius 3 is 2.65 bits per heavy atom. The highest BCUT2D eigenvalue weighted by Gasteiger charge is 2.46.